The summed E-state index contributed by atoms with van der Waals surface area (Å²) < 4.78 is 4.82. The van der Waals surface area contributed by atoms with E-state index >= 15 is 0 Å². The molecule has 0 heterocycles. The first kappa shape index (κ1) is 11.5. The molecule has 1 aliphatic carbocycles. The second kappa shape index (κ2) is 4.79. The molecule has 1 rings (SSSR count). The van der Waals surface area contributed by atoms with E-state index in [-0.39, 0.29) is 6.61 Å². The summed E-state index contributed by atoms with van der Waals surface area (Å²) in [6.45, 7) is 1.94. The van der Waals surface area contributed by atoms with Gasteiger partial charge in [-0.05, 0) is 19.8 Å². The van der Waals surface area contributed by atoms with Crippen LogP contribution in [0.4, 0.5) is 0 Å². The van der Waals surface area contributed by atoms with Crippen molar-refractivity contribution in [2.75, 3.05) is 6.61 Å². The minimum absolute atomic E-state index is 0.249. The minimum atomic E-state index is -0.926. The Kier molecular flexibility index (Phi) is 3.68. The van der Waals surface area contributed by atoms with Crippen molar-refractivity contribution in [1.29, 1.82) is 10.5 Å². The number of hydrogen-bond acceptors (Lipinski definition) is 4. The van der Waals surface area contributed by atoms with E-state index < -0.39 is 17.3 Å². The third-order valence-corrected chi connectivity index (χ3v) is 2.92. The zero-order valence-electron chi connectivity index (χ0n) is 8.82. The van der Waals surface area contributed by atoms with Gasteiger partial charge in [0.15, 0.2) is 5.92 Å². The highest BCUT2D eigenvalue weighted by molar-refractivity contribution is 5.77. The summed E-state index contributed by atoms with van der Waals surface area (Å²) in [4.78, 5) is 11.5. The van der Waals surface area contributed by atoms with Crippen LogP contribution in [0.15, 0.2) is 0 Å². The number of nitrogens with zero attached hydrogens (tertiary/aromatic N) is 2. The number of ether oxygens (including phenoxy) is 1. The highest BCUT2D eigenvalue weighted by Crippen LogP contribution is 2.44. The molecule has 0 aromatic rings. The summed E-state index contributed by atoms with van der Waals surface area (Å²) in [7, 11) is 0. The number of esters is 1. The average molecular weight is 206 g/mol. The van der Waals surface area contributed by atoms with Gasteiger partial charge in [0.25, 0.3) is 0 Å². The second-order valence-corrected chi connectivity index (χ2v) is 3.79. The fraction of sp³-hybridized carbons (Fsp3) is 0.727. The topological polar surface area (TPSA) is 73.9 Å². The maximum atomic E-state index is 11.5. The van der Waals surface area contributed by atoms with Gasteiger partial charge in [-0.3, -0.25) is 4.79 Å². The lowest BCUT2D eigenvalue weighted by Gasteiger charge is -2.23. The number of carbonyl (C=O) groups is 1. The Morgan fingerprint density at radius 2 is 2.07 bits per heavy atom. The normalized spacial score (nSPS) is 19.9. The van der Waals surface area contributed by atoms with E-state index in [1.165, 1.54) is 0 Å². The Morgan fingerprint density at radius 3 is 2.47 bits per heavy atom. The first-order valence-corrected chi connectivity index (χ1v) is 5.17. The molecule has 0 unspecified atom stereocenters. The molecule has 4 heteroatoms. The van der Waals surface area contributed by atoms with Crippen LogP contribution in [0.1, 0.15) is 32.6 Å². The van der Waals surface area contributed by atoms with Gasteiger partial charge in [0.05, 0.1) is 24.2 Å². The molecule has 4 nitrogen and oxygen atoms in total. The Morgan fingerprint density at radius 1 is 1.47 bits per heavy atom. The first-order valence-electron chi connectivity index (χ1n) is 5.17. The molecule has 1 aliphatic rings. The van der Waals surface area contributed by atoms with Gasteiger partial charge in [-0.1, -0.05) is 12.8 Å². The molecule has 0 amide bonds. The predicted octanol–water partition coefficient (Wildman–Crippen LogP) is 1.77. The van der Waals surface area contributed by atoms with E-state index in [9.17, 15) is 4.79 Å². The molecular weight excluding hydrogens is 192 g/mol. The van der Waals surface area contributed by atoms with Crippen molar-refractivity contribution in [3.8, 4) is 12.1 Å². The van der Waals surface area contributed by atoms with E-state index in [2.05, 4.69) is 6.07 Å². The van der Waals surface area contributed by atoms with Crippen LogP contribution in [0, 0.1) is 34.0 Å². The zero-order chi connectivity index (χ0) is 11.3. The molecule has 0 aromatic carbocycles. The van der Waals surface area contributed by atoms with E-state index in [0.29, 0.717) is 12.8 Å². The fourth-order valence-electron chi connectivity index (χ4n) is 2.10. The summed E-state index contributed by atoms with van der Waals surface area (Å²) in [6.07, 6.45) is 3.07. The van der Waals surface area contributed by atoms with Crippen LogP contribution in [-0.2, 0) is 9.53 Å². The quantitative estimate of drug-likeness (QED) is 0.659. The zero-order valence-corrected chi connectivity index (χ0v) is 8.82. The highest BCUT2D eigenvalue weighted by Gasteiger charge is 2.46. The summed E-state index contributed by atoms with van der Waals surface area (Å²) in [6, 6.07) is 4.07. The molecular formula is C11H14N2O2. The van der Waals surface area contributed by atoms with E-state index in [1.54, 1.807) is 6.92 Å². The second-order valence-electron chi connectivity index (χ2n) is 3.79. The van der Waals surface area contributed by atoms with E-state index in [1.807, 2.05) is 6.07 Å². The van der Waals surface area contributed by atoms with Gasteiger partial charge < -0.3 is 4.74 Å². The lowest BCUT2D eigenvalue weighted by Crippen LogP contribution is -2.32. The monoisotopic (exact) mass is 206 g/mol. The number of carbonyl (C=O) groups excluding carboxylic acids is 1. The van der Waals surface area contributed by atoms with Crippen molar-refractivity contribution in [1.82, 2.24) is 0 Å². The van der Waals surface area contributed by atoms with Crippen LogP contribution < -0.4 is 0 Å². The third-order valence-electron chi connectivity index (χ3n) is 2.92. The predicted molar refractivity (Wildman–Crippen MR) is 52.3 cm³/mol. The Labute approximate surface area is 89.4 Å². The molecule has 0 radical (unpaired) electrons. The Bertz CT molecular complexity index is 318. The summed E-state index contributed by atoms with van der Waals surface area (Å²) in [5.74, 6) is -1.48. The highest BCUT2D eigenvalue weighted by atomic mass is 16.5. The standard InChI is InChI=1S/C11H14N2O2/c1-2-15-10(14)9(7-12)11(8-13)5-3-4-6-11/h9H,2-6H2,1H3/t9-/m0/s1. The summed E-state index contributed by atoms with van der Waals surface area (Å²) in [5.41, 5.74) is -0.805. The molecule has 0 saturated heterocycles. The van der Waals surface area contributed by atoms with Crippen LogP contribution >= 0.6 is 0 Å². The Balaban J connectivity index is 2.86. The summed E-state index contributed by atoms with van der Waals surface area (Å²) in [5, 5.41) is 18.1. The molecule has 0 N–H and O–H groups in total. The SMILES string of the molecule is CCOC(=O)[C@H](C#N)C1(C#N)CCCC1. The maximum absolute atomic E-state index is 11.5. The molecule has 1 fully saturated rings. The van der Waals surface area contributed by atoms with Crippen molar-refractivity contribution >= 4 is 5.97 Å². The molecule has 15 heavy (non-hydrogen) atoms. The third kappa shape index (κ3) is 2.10. The van der Waals surface area contributed by atoms with Crippen molar-refractivity contribution in [2.24, 2.45) is 11.3 Å². The molecule has 0 aromatic heterocycles. The average Bonchev–Trinajstić information content (AvgIpc) is 2.69. The summed E-state index contributed by atoms with van der Waals surface area (Å²) >= 11 is 0. The molecule has 0 bridgehead atoms. The minimum Gasteiger partial charge on any atom is -0.465 e. The molecule has 80 valence electrons. The van der Waals surface area contributed by atoms with Gasteiger partial charge in [-0.2, -0.15) is 10.5 Å². The number of rotatable bonds is 3. The van der Waals surface area contributed by atoms with Crippen LogP contribution in [0.2, 0.25) is 0 Å². The molecule has 1 atom stereocenters. The van der Waals surface area contributed by atoms with Gasteiger partial charge in [-0.15, -0.1) is 0 Å². The maximum Gasteiger partial charge on any atom is 0.324 e. The van der Waals surface area contributed by atoms with E-state index in [4.69, 9.17) is 15.3 Å². The van der Waals surface area contributed by atoms with Crippen molar-refractivity contribution in [2.45, 2.75) is 32.6 Å². The van der Waals surface area contributed by atoms with Crippen LogP contribution in [-0.4, -0.2) is 12.6 Å². The smallest absolute Gasteiger partial charge is 0.324 e. The molecule has 1 saturated carbocycles. The fourth-order valence-corrected chi connectivity index (χ4v) is 2.10. The Hall–Kier alpha value is -1.55. The van der Waals surface area contributed by atoms with Gasteiger partial charge >= 0.3 is 5.97 Å². The van der Waals surface area contributed by atoms with Crippen molar-refractivity contribution in [3.63, 3.8) is 0 Å². The van der Waals surface area contributed by atoms with Crippen molar-refractivity contribution < 1.29 is 9.53 Å². The lowest BCUT2D eigenvalue weighted by atomic mass is 9.76. The number of nitriles is 2. The largest absolute Gasteiger partial charge is 0.465 e. The molecule has 0 aliphatic heterocycles. The lowest BCUT2D eigenvalue weighted by molar-refractivity contribution is -0.148. The van der Waals surface area contributed by atoms with Crippen LogP contribution in [0.5, 0.6) is 0 Å². The van der Waals surface area contributed by atoms with E-state index in [0.717, 1.165) is 12.8 Å². The van der Waals surface area contributed by atoms with Gasteiger partial charge in [0.2, 0.25) is 0 Å². The van der Waals surface area contributed by atoms with Gasteiger partial charge in [0.1, 0.15) is 0 Å². The van der Waals surface area contributed by atoms with Gasteiger partial charge in [0, 0.05) is 0 Å². The first-order chi connectivity index (χ1) is 7.20. The molecule has 0 spiro atoms. The van der Waals surface area contributed by atoms with Crippen molar-refractivity contribution in [3.05, 3.63) is 0 Å². The number of hydrogen-bond donors (Lipinski definition) is 0. The van der Waals surface area contributed by atoms with Crippen LogP contribution in [0.25, 0.3) is 0 Å². The van der Waals surface area contributed by atoms with Gasteiger partial charge in [-0.25, -0.2) is 0 Å². The van der Waals surface area contributed by atoms with Crippen LogP contribution in [0.3, 0.4) is 0 Å².